The Hall–Kier alpha value is -1.49. The molecule has 3 rings (SSSR count). The first-order valence-electron chi connectivity index (χ1n) is 7.01. The Morgan fingerprint density at radius 3 is 2.83 bits per heavy atom. The maximum absolute atomic E-state index is 8.91. The van der Waals surface area contributed by atoms with Gasteiger partial charge in [-0.25, -0.2) is 0 Å². The van der Waals surface area contributed by atoms with E-state index in [1.807, 2.05) is 19.1 Å². The maximum Gasteiger partial charge on any atom is 0.0994 e. The summed E-state index contributed by atoms with van der Waals surface area (Å²) in [5.74, 6) is 2.87. The SMILES string of the molecule is Cc1cc(NCC2CC3CCC2C3)ccc1C#N. The van der Waals surface area contributed by atoms with E-state index >= 15 is 0 Å². The molecule has 2 aliphatic carbocycles. The van der Waals surface area contributed by atoms with Crippen molar-refractivity contribution in [3.63, 3.8) is 0 Å². The lowest BCUT2D eigenvalue weighted by Crippen LogP contribution is -2.20. The smallest absolute Gasteiger partial charge is 0.0994 e. The van der Waals surface area contributed by atoms with Gasteiger partial charge in [0.15, 0.2) is 0 Å². The zero-order valence-electron chi connectivity index (χ0n) is 10.9. The number of fused-ring (bicyclic) bond motifs is 2. The number of hydrogen-bond donors (Lipinski definition) is 1. The van der Waals surface area contributed by atoms with Crippen LogP contribution in [0.3, 0.4) is 0 Å². The quantitative estimate of drug-likeness (QED) is 0.874. The second kappa shape index (κ2) is 4.65. The second-order valence-corrected chi connectivity index (χ2v) is 5.96. The maximum atomic E-state index is 8.91. The summed E-state index contributed by atoms with van der Waals surface area (Å²) in [7, 11) is 0. The van der Waals surface area contributed by atoms with Crippen LogP contribution >= 0.6 is 0 Å². The number of anilines is 1. The van der Waals surface area contributed by atoms with E-state index in [1.54, 1.807) is 0 Å². The highest BCUT2D eigenvalue weighted by Gasteiger charge is 2.38. The molecule has 18 heavy (non-hydrogen) atoms. The normalized spacial score (nSPS) is 29.2. The number of aryl methyl sites for hydroxylation is 1. The molecule has 2 saturated carbocycles. The zero-order chi connectivity index (χ0) is 12.5. The van der Waals surface area contributed by atoms with Gasteiger partial charge in [0.25, 0.3) is 0 Å². The van der Waals surface area contributed by atoms with Gasteiger partial charge in [-0.05, 0) is 67.7 Å². The third-order valence-electron chi connectivity index (χ3n) is 4.80. The predicted molar refractivity (Wildman–Crippen MR) is 73.3 cm³/mol. The largest absolute Gasteiger partial charge is 0.385 e. The van der Waals surface area contributed by atoms with Crippen molar-refractivity contribution in [3.05, 3.63) is 29.3 Å². The molecular formula is C16H20N2. The van der Waals surface area contributed by atoms with Gasteiger partial charge in [0.2, 0.25) is 0 Å². The Morgan fingerprint density at radius 2 is 2.22 bits per heavy atom. The standard InChI is InChI=1S/C16H20N2/c1-11-6-16(5-4-14(11)9-17)18-10-15-8-12-2-3-13(15)7-12/h4-6,12-13,15,18H,2-3,7-8,10H2,1H3. The Labute approximate surface area is 109 Å². The molecule has 2 aliphatic rings. The van der Waals surface area contributed by atoms with Crippen molar-refractivity contribution in [1.82, 2.24) is 0 Å². The van der Waals surface area contributed by atoms with Gasteiger partial charge in [-0.15, -0.1) is 0 Å². The average molecular weight is 240 g/mol. The molecule has 1 aromatic rings. The minimum atomic E-state index is 0.778. The molecule has 2 nitrogen and oxygen atoms in total. The summed E-state index contributed by atoms with van der Waals surface area (Å²) in [5, 5.41) is 12.5. The van der Waals surface area contributed by atoms with E-state index in [9.17, 15) is 0 Å². The fourth-order valence-corrected chi connectivity index (χ4v) is 3.77. The number of hydrogen-bond acceptors (Lipinski definition) is 2. The molecule has 0 spiro atoms. The van der Waals surface area contributed by atoms with Crippen molar-refractivity contribution in [2.24, 2.45) is 17.8 Å². The van der Waals surface area contributed by atoms with Crippen molar-refractivity contribution >= 4 is 5.69 Å². The van der Waals surface area contributed by atoms with Crippen LogP contribution < -0.4 is 5.32 Å². The molecule has 0 aliphatic heterocycles. The van der Waals surface area contributed by atoms with Crippen LogP contribution in [0, 0.1) is 36.0 Å². The van der Waals surface area contributed by atoms with E-state index < -0.39 is 0 Å². The number of nitrogens with zero attached hydrogens (tertiary/aromatic N) is 1. The van der Waals surface area contributed by atoms with Crippen LogP contribution in [0.25, 0.3) is 0 Å². The van der Waals surface area contributed by atoms with E-state index in [-0.39, 0.29) is 0 Å². The fourth-order valence-electron chi connectivity index (χ4n) is 3.77. The molecule has 0 aromatic heterocycles. The summed E-state index contributed by atoms with van der Waals surface area (Å²) >= 11 is 0. The van der Waals surface area contributed by atoms with E-state index in [1.165, 1.54) is 25.7 Å². The summed E-state index contributed by atoms with van der Waals surface area (Å²) < 4.78 is 0. The minimum Gasteiger partial charge on any atom is -0.385 e. The summed E-state index contributed by atoms with van der Waals surface area (Å²) in [6.45, 7) is 3.10. The van der Waals surface area contributed by atoms with Gasteiger partial charge < -0.3 is 5.32 Å². The molecule has 3 atom stereocenters. The predicted octanol–water partition coefficient (Wildman–Crippen LogP) is 3.71. The zero-order valence-corrected chi connectivity index (χ0v) is 10.9. The monoisotopic (exact) mass is 240 g/mol. The van der Waals surface area contributed by atoms with Gasteiger partial charge in [0.1, 0.15) is 0 Å². The summed E-state index contributed by atoms with van der Waals surface area (Å²) in [6.07, 6.45) is 5.81. The van der Waals surface area contributed by atoms with Crippen molar-refractivity contribution < 1.29 is 0 Å². The first-order valence-corrected chi connectivity index (χ1v) is 7.01. The van der Waals surface area contributed by atoms with Crippen LogP contribution in [-0.4, -0.2) is 6.54 Å². The molecule has 0 radical (unpaired) electrons. The molecule has 1 aromatic carbocycles. The van der Waals surface area contributed by atoms with Crippen LogP contribution in [0.15, 0.2) is 18.2 Å². The van der Waals surface area contributed by atoms with Crippen LogP contribution in [-0.2, 0) is 0 Å². The lowest BCUT2D eigenvalue weighted by atomic mass is 9.89. The lowest BCUT2D eigenvalue weighted by Gasteiger charge is -2.22. The van der Waals surface area contributed by atoms with Gasteiger partial charge in [0, 0.05) is 12.2 Å². The Bertz CT molecular complexity index is 486. The van der Waals surface area contributed by atoms with Gasteiger partial charge in [-0.1, -0.05) is 6.42 Å². The van der Waals surface area contributed by atoms with Gasteiger partial charge in [-0.3, -0.25) is 0 Å². The van der Waals surface area contributed by atoms with Gasteiger partial charge >= 0.3 is 0 Å². The molecule has 0 heterocycles. The fraction of sp³-hybridized carbons (Fsp3) is 0.562. The average Bonchev–Trinajstić information content (AvgIpc) is 2.98. The third kappa shape index (κ3) is 2.10. The first kappa shape index (κ1) is 11.6. The molecule has 2 bridgehead atoms. The highest BCUT2D eigenvalue weighted by molar-refractivity contribution is 5.51. The van der Waals surface area contributed by atoms with Crippen LogP contribution in [0.5, 0.6) is 0 Å². The van der Waals surface area contributed by atoms with Crippen LogP contribution in [0.4, 0.5) is 5.69 Å². The number of rotatable bonds is 3. The number of nitriles is 1. The second-order valence-electron chi connectivity index (χ2n) is 5.96. The van der Waals surface area contributed by atoms with Crippen molar-refractivity contribution in [2.45, 2.75) is 32.6 Å². The van der Waals surface area contributed by atoms with Crippen LogP contribution in [0.1, 0.15) is 36.8 Å². The molecule has 94 valence electrons. The summed E-state index contributed by atoms with van der Waals surface area (Å²) in [6, 6.07) is 8.24. The van der Waals surface area contributed by atoms with Crippen LogP contribution in [0.2, 0.25) is 0 Å². The Balaban J connectivity index is 1.60. The number of benzene rings is 1. The van der Waals surface area contributed by atoms with E-state index in [0.29, 0.717) is 0 Å². The van der Waals surface area contributed by atoms with Gasteiger partial charge in [0.05, 0.1) is 11.6 Å². The molecular weight excluding hydrogens is 220 g/mol. The molecule has 2 fully saturated rings. The van der Waals surface area contributed by atoms with E-state index in [2.05, 4.69) is 17.5 Å². The van der Waals surface area contributed by atoms with Crippen molar-refractivity contribution in [3.8, 4) is 6.07 Å². The van der Waals surface area contributed by atoms with E-state index in [4.69, 9.17) is 5.26 Å². The molecule has 0 saturated heterocycles. The molecule has 0 amide bonds. The topological polar surface area (TPSA) is 35.8 Å². The molecule has 3 unspecified atom stereocenters. The van der Waals surface area contributed by atoms with E-state index in [0.717, 1.165) is 41.1 Å². The summed E-state index contributed by atoms with van der Waals surface area (Å²) in [5.41, 5.74) is 3.00. The summed E-state index contributed by atoms with van der Waals surface area (Å²) in [4.78, 5) is 0. The Kier molecular flexibility index (Phi) is 2.99. The molecule has 2 heteroatoms. The van der Waals surface area contributed by atoms with Crippen molar-refractivity contribution in [2.75, 3.05) is 11.9 Å². The Morgan fingerprint density at radius 1 is 1.33 bits per heavy atom. The minimum absolute atomic E-state index is 0.778. The van der Waals surface area contributed by atoms with Gasteiger partial charge in [-0.2, -0.15) is 5.26 Å². The number of nitrogens with one attached hydrogen (secondary N) is 1. The third-order valence-corrected chi connectivity index (χ3v) is 4.80. The van der Waals surface area contributed by atoms with Crippen molar-refractivity contribution in [1.29, 1.82) is 5.26 Å². The highest BCUT2D eigenvalue weighted by atomic mass is 14.9. The molecule has 1 N–H and O–H groups in total. The first-order chi connectivity index (χ1) is 8.76. The lowest BCUT2D eigenvalue weighted by molar-refractivity contribution is 0.348. The highest BCUT2D eigenvalue weighted by Crippen LogP contribution is 2.48.